The molecule has 1 heterocycles. The van der Waals surface area contributed by atoms with Crippen LogP contribution in [-0.4, -0.2) is 33.6 Å². The van der Waals surface area contributed by atoms with Gasteiger partial charge in [-0.2, -0.15) is 0 Å². The van der Waals surface area contributed by atoms with Gasteiger partial charge in [0.25, 0.3) is 0 Å². The van der Waals surface area contributed by atoms with Gasteiger partial charge in [-0.15, -0.1) is 10.2 Å². The van der Waals surface area contributed by atoms with Gasteiger partial charge < -0.3 is 15.0 Å². The van der Waals surface area contributed by atoms with Crippen LogP contribution in [-0.2, 0) is 23.5 Å². The molecule has 1 amide bonds. The Labute approximate surface area is 163 Å². The Hall–Kier alpha value is -2.35. The summed E-state index contributed by atoms with van der Waals surface area (Å²) in [5.41, 5.74) is 6.83. The third kappa shape index (κ3) is 5.82. The predicted octanol–water partition coefficient (Wildman–Crippen LogP) is 2.86. The van der Waals surface area contributed by atoms with Crippen LogP contribution in [0, 0.1) is 5.92 Å². The van der Waals surface area contributed by atoms with E-state index in [1.54, 1.807) is 20.1 Å². The maximum Gasteiger partial charge on any atom is 0.217 e. The molecule has 0 saturated carbocycles. The maximum atomic E-state index is 11.7. The summed E-state index contributed by atoms with van der Waals surface area (Å²) in [6.45, 7) is 6.54. The molecule has 1 aromatic carbocycles. The summed E-state index contributed by atoms with van der Waals surface area (Å²) >= 11 is 1.53. The summed E-state index contributed by atoms with van der Waals surface area (Å²) in [4.78, 5) is 22.8. The Kier molecular flexibility index (Phi) is 7.41. The van der Waals surface area contributed by atoms with Crippen LogP contribution in [0.15, 0.2) is 23.4 Å². The average molecular weight is 391 g/mol. The van der Waals surface area contributed by atoms with Gasteiger partial charge in [0.2, 0.25) is 5.91 Å². The van der Waals surface area contributed by atoms with Gasteiger partial charge >= 0.3 is 0 Å². The molecule has 0 spiro atoms. The van der Waals surface area contributed by atoms with Crippen molar-refractivity contribution in [3.8, 4) is 5.75 Å². The molecule has 0 atom stereocenters. The third-order valence-corrected chi connectivity index (χ3v) is 5.00. The van der Waals surface area contributed by atoms with E-state index in [-0.39, 0.29) is 18.1 Å². The van der Waals surface area contributed by atoms with Gasteiger partial charge in [-0.05, 0) is 31.0 Å². The van der Waals surface area contributed by atoms with E-state index >= 15 is 0 Å². The molecule has 27 heavy (non-hydrogen) atoms. The number of ketones is 1. The standard InChI is InChI=1S/C19H26N4O3S/c1-12(2)10-23-18(8-7-17(20)25)21-22-19(23)27-11-15-9-14(13(3)24)5-6-16(15)26-4/h5-6,9,12H,7-8,10-11H2,1-4H3,(H2,20,25). The van der Waals surface area contributed by atoms with E-state index in [1.165, 1.54) is 11.8 Å². The van der Waals surface area contributed by atoms with Gasteiger partial charge in [-0.1, -0.05) is 25.6 Å². The fourth-order valence-corrected chi connectivity index (χ4v) is 3.59. The van der Waals surface area contributed by atoms with Gasteiger partial charge in [0.05, 0.1) is 7.11 Å². The van der Waals surface area contributed by atoms with Crippen LogP contribution in [0.1, 0.15) is 48.9 Å². The van der Waals surface area contributed by atoms with Gasteiger partial charge in [0, 0.05) is 36.3 Å². The number of ether oxygens (including phenoxy) is 1. The number of hydrogen-bond acceptors (Lipinski definition) is 6. The van der Waals surface area contributed by atoms with Crippen molar-refractivity contribution in [3.05, 3.63) is 35.2 Å². The zero-order chi connectivity index (χ0) is 20.0. The molecule has 0 fully saturated rings. The number of rotatable bonds is 10. The zero-order valence-corrected chi connectivity index (χ0v) is 17.0. The Balaban J connectivity index is 2.23. The van der Waals surface area contributed by atoms with Crippen LogP contribution < -0.4 is 10.5 Å². The monoisotopic (exact) mass is 390 g/mol. The number of carbonyl (C=O) groups excluding carboxylic acids is 2. The van der Waals surface area contributed by atoms with Gasteiger partial charge in [0.1, 0.15) is 11.6 Å². The number of benzene rings is 1. The fourth-order valence-electron chi connectivity index (χ4n) is 2.65. The van der Waals surface area contributed by atoms with E-state index in [4.69, 9.17) is 10.5 Å². The summed E-state index contributed by atoms with van der Waals surface area (Å²) in [5, 5.41) is 9.31. The second-order valence-electron chi connectivity index (χ2n) is 6.74. The van der Waals surface area contributed by atoms with Crippen molar-refractivity contribution in [1.29, 1.82) is 0 Å². The van der Waals surface area contributed by atoms with E-state index < -0.39 is 0 Å². The molecule has 2 rings (SSSR count). The number of aromatic nitrogens is 3. The van der Waals surface area contributed by atoms with Crippen molar-refractivity contribution in [2.45, 2.75) is 51.1 Å². The number of primary amides is 1. The third-order valence-electron chi connectivity index (χ3n) is 3.98. The van der Waals surface area contributed by atoms with Crippen LogP contribution in [0.25, 0.3) is 0 Å². The number of nitrogens with two attached hydrogens (primary N) is 1. The molecular weight excluding hydrogens is 364 g/mol. The highest BCUT2D eigenvalue weighted by molar-refractivity contribution is 7.98. The van der Waals surface area contributed by atoms with Crippen LogP contribution in [0.4, 0.5) is 0 Å². The number of aryl methyl sites for hydroxylation is 1. The molecule has 2 N–H and O–H groups in total. The van der Waals surface area contributed by atoms with Gasteiger partial charge in [0.15, 0.2) is 10.9 Å². The van der Waals surface area contributed by atoms with E-state index in [0.717, 1.165) is 28.8 Å². The van der Waals surface area contributed by atoms with Crippen LogP contribution in [0.3, 0.4) is 0 Å². The van der Waals surface area contributed by atoms with Crippen LogP contribution in [0.2, 0.25) is 0 Å². The topological polar surface area (TPSA) is 100 Å². The number of amides is 1. The molecular formula is C19H26N4O3S. The number of carbonyl (C=O) groups is 2. The molecule has 0 unspecified atom stereocenters. The normalized spacial score (nSPS) is 11.0. The zero-order valence-electron chi connectivity index (χ0n) is 16.2. The molecule has 0 aliphatic rings. The molecule has 0 aliphatic heterocycles. The summed E-state index contributed by atoms with van der Waals surface area (Å²) in [7, 11) is 1.61. The second-order valence-corrected chi connectivity index (χ2v) is 7.68. The summed E-state index contributed by atoms with van der Waals surface area (Å²) in [5.74, 6) is 2.15. The van der Waals surface area contributed by atoms with Gasteiger partial charge in [-0.25, -0.2) is 0 Å². The Bertz CT molecular complexity index is 817. The van der Waals surface area contributed by atoms with Crippen LogP contribution >= 0.6 is 11.8 Å². The first-order valence-corrected chi connectivity index (χ1v) is 9.81. The first-order chi connectivity index (χ1) is 12.8. The van der Waals surface area contributed by atoms with Crippen molar-refractivity contribution in [1.82, 2.24) is 14.8 Å². The first-order valence-electron chi connectivity index (χ1n) is 8.82. The molecule has 0 radical (unpaired) electrons. The minimum absolute atomic E-state index is 0.0145. The van der Waals surface area contributed by atoms with Crippen molar-refractivity contribution in [2.75, 3.05) is 7.11 Å². The highest BCUT2D eigenvalue weighted by atomic mass is 32.2. The molecule has 0 saturated heterocycles. The van der Waals surface area contributed by atoms with E-state index in [2.05, 4.69) is 24.0 Å². The molecule has 2 aromatic rings. The van der Waals surface area contributed by atoms with Crippen LogP contribution in [0.5, 0.6) is 5.75 Å². The average Bonchev–Trinajstić information content (AvgIpc) is 2.98. The maximum absolute atomic E-state index is 11.7. The SMILES string of the molecule is COc1ccc(C(C)=O)cc1CSc1nnc(CCC(N)=O)n1CC(C)C. The molecule has 7 nitrogen and oxygen atoms in total. The van der Waals surface area contributed by atoms with Crippen molar-refractivity contribution in [3.63, 3.8) is 0 Å². The smallest absolute Gasteiger partial charge is 0.217 e. The fraction of sp³-hybridized carbons (Fsp3) is 0.474. The molecule has 0 aliphatic carbocycles. The number of thioether (sulfide) groups is 1. The number of hydrogen-bond donors (Lipinski definition) is 1. The summed E-state index contributed by atoms with van der Waals surface area (Å²) < 4.78 is 7.46. The quantitative estimate of drug-likeness (QED) is 0.494. The van der Waals surface area contributed by atoms with E-state index in [1.807, 2.05) is 16.7 Å². The van der Waals surface area contributed by atoms with Crippen molar-refractivity contribution >= 4 is 23.5 Å². The summed E-state index contributed by atoms with van der Waals surface area (Å²) in [6, 6.07) is 5.42. The highest BCUT2D eigenvalue weighted by Gasteiger charge is 2.16. The Morgan fingerprint density at radius 1 is 1.30 bits per heavy atom. The van der Waals surface area contributed by atoms with E-state index in [0.29, 0.717) is 23.7 Å². The minimum Gasteiger partial charge on any atom is -0.496 e. The predicted molar refractivity (Wildman–Crippen MR) is 105 cm³/mol. The van der Waals surface area contributed by atoms with Crippen molar-refractivity contribution in [2.24, 2.45) is 11.7 Å². The second kappa shape index (κ2) is 9.55. The number of methoxy groups -OCH3 is 1. The summed E-state index contributed by atoms with van der Waals surface area (Å²) in [6.07, 6.45) is 0.716. The minimum atomic E-state index is -0.353. The lowest BCUT2D eigenvalue weighted by Crippen LogP contribution is -2.15. The van der Waals surface area contributed by atoms with E-state index in [9.17, 15) is 9.59 Å². The first kappa shape index (κ1) is 21.0. The molecule has 8 heteroatoms. The molecule has 1 aromatic heterocycles. The number of Topliss-reactive ketones (excluding diaryl/α,β-unsaturated/α-hetero) is 1. The lowest BCUT2D eigenvalue weighted by molar-refractivity contribution is -0.118. The Morgan fingerprint density at radius 2 is 2.04 bits per heavy atom. The highest BCUT2D eigenvalue weighted by Crippen LogP contribution is 2.29. The van der Waals surface area contributed by atoms with Gasteiger partial charge in [-0.3, -0.25) is 9.59 Å². The Morgan fingerprint density at radius 3 is 2.63 bits per heavy atom. The molecule has 146 valence electrons. The number of nitrogens with zero attached hydrogens (tertiary/aromatic N) is 3. The molecule has 0 bridgehead atoms. The van der Waals surface area contributed by atoms with Crippen molar-refractivity contribution < 1.29 is 14.3 Å². The lowest BCUT2D eigenvalue weighted by atomic mass is 10.1. The lowest BCUT2D eigenvalue weighted by Gasteiger charge is -2.13. The largest absolute Gasteiger partial charge is 0.496 e.